The summed E-state index contributed by atoms with van der Waals surface area (Å²) in [6, 6.07) is 2.46. The van der Waals surface area contributed by atoms with Gasteiger partial charge in [-0.3, -0.25) is 4.79 Å². The molecular formula is C8H12N2O. The molecule has 3 nitrogen and oxygen atoms in total. The number of hydrogen-bond donors (Lipinski definition) is 1. The van der Waals surface area contributed by atoms with Crippen LogP contribution in [-0.2, 0) is 4.79 Å². The molecule has 1 rings (SSSR count). The van der Waals surface area contributed by atoms with Gasteiger partial charge in [0.1, 0.15) is 0 Å². The molecule has 1 aliphatic carbocycles. The molecule has 0 aromatic heterocycles. The van der Waals surface area contributed by atoms with E-state index in [0.717, 1.165) is 19.3 Å². The summed E-state index contributed by atoms with van der Waals surface area (Å²) in [4.78, 5) is 10.6. The second kappa shape index (κ2) is 3.38. The largest absolute Gasteiger partial charge is 0.354 e. The number of nitriles is 1. The van der Waals surface area contributed by atoms with Gasteiger partial charge in [0.15, 0.2) is 0 Å². The lowest BCUT2D eigenvalue weighted by atomic mass is 10.1. The van der Waals surface area contributed by atoms with Gasteiger partial charge in [0, 0.05) is 18.9 Å². The predicted octanol–water partition coefficient (Wildman–Crippen LogP) is 0.815. The summed E-state index contributed by atoms with van der Waals surface area (Å²) < 4.78 is 0. The Morgan fingerprint density at radius 3 is 2.82 bits per heavy atom. The van der Waals surface area contributed by atoms with Crippen LogP contribution in [0.5, 0.6) is 0 Å². The van der Waals surface area contributed by atoms with Crippen LogP contribution < -0.4 is 5.32 Å². The van der Waals surface area contributed by atoms with Crippen LogP contribution in [0.15, 0.2) is 0 Å². The summed E-state index contributed by atoms with van der Waals surface area (Å²) in [5.74, 6) is 0.167. The number of rotatable bonds is 1. The van der Waals surface area contributed by atoms with Crippen LogP contribution in [0.1, 0.15) is 26.2 Å². The molecule has 0 aromatic rings. The lowest BCUT2D eigenvalue weighted by Gasteiger charge is -2.08. The van der Waals surface area contributed by atoms with Gasteiger partial charge in [0.05, 0.1) is 6.07 Å². The first-order chi connectivity index (χ1) is 5.22. The molecule has 2 atom stereocenters. The molecule has 1 amide bonds. The fraction of sp³-hybridized carbons (Fsp3) is 0.750. The van der Waals surface area contributed by atoms with Gasteiger partial charge in [-0.1, -0.05) is 0 Å². The van der Waals surface area contributed by atoms with Crippen LogP contribution >= 0.6 is 0 Å². The number of amides is 1. The molecule has 0 spiro atoms. The Hall–Kier alpha value is -1.04. The molecule has 1 N–H and O–H groups in total. The van der Waals surface area contributed by atoms with Crippen LogP contribution in [0, 0.1) is 17.2 Å². The van der Waals surface area contributed by atoms with Gasteiger partial charge in [0.25, 0.3) is 0 Å². The van der Waals surface area contributed by atoms with E-state index in [1.807, 2.05) is 0 Å². The smallest absolute Gasteiger partial charge is 0.217 e. The van der Waals surface area contributed by atoms with Crippen molar-refractivity contribution in [3.8, 4) is 6.07 Å². The van der Waals surface area contributed by atoms with Crippen LogP contribution in [0.4, 0.5) is 0 Å². The zero-order chi connectivity index (χ0) is 8.27. The van der Waals surface area contributed by atoms with Gasteiger partial charge in [-0.25, -0.2) is 0 Å². The van der Waals surface area contributed by atoms with E-state index in [9.17, 15) is 4.79 Å². The molecule has 0 radical (unpaired) electrons. The number of carbonyl (C=O) groups excluding carboxylic acids is 1. The Kier molecular flexibility index (Phi) is 2.48. The van der Waals surface area contributed by atoms with E-state index < -0.39 is 0 Å². The third-order valence-electron chi connectivity index (χ3n) is 2.02. The zero-order valence-electron chi connectivity index (χ0n) is 6.63. The summed E-state index contributed by atoms with van der Waals surface area (Å²) in [6.45, 7) is 1.51. The van der Waals surface area contributed by atoms with Gasteiger partial charge in [-0.2, -0.15) is 5.26 Å². The molecule has 0 heterocycles. The van der Waals surface area contributed by atoms with E-state index in [4.69, 9.17) is 5.26 Å². The van der Waals surface area contributed by atoms with Gasteiger partial charge < -0.3 is 5.32 Å². The third kappa shape index (κ3) is 2.23. The summed E-state index contributed by atoms with van der Waals surface area (Å²) in [5, 5.41) is 11.4. The average Bonchev–Trinajstić information content (AvgIpc) is 2.34. The zero-order valence-corrected chi connectivity index (χ0v) is 6.63. The van der Waals surface area contributed by atoms with Gasteiger partial charge >= 0.3 is 0 Å². The van der Waals surface area contributed by atoms with Crippen molar-refractivity contribution in [1.82, 2.24) is 5.32 Å². The molecule has 0 saturated heterocycles. The lowest BCUT2D eigenvalue weighted by molar-refractivity contribution is -0.119. The second-order valence-corrected chi connectivity index (χ2v) is 3.04. The minimum atomic E-state index is 0.00795. The first-order valence-electron chi connectivity index (χ1n) is 3.89. The van der Waals surface area contributed by atoms with Gasteiger partial charge in [-0.15, -0.1) is 0 Å². The fourth-order valence-corrected chi connectivity index (χ4v) is 1.52. The maximum atomic E-state index is 10.6. The van der Waals surface area contributed by atoms with Crippen LogP contribution in [0.2, 0.25) is 0 Å². The van der Waals surface area contributed by atoms with E-state index in [1.165, 1.54) is 6.92 Å². The molecule has 0 unspecified atom stereocenters. The maximum Gasteiger partial charge on any atom is 0.217 e. The molecule has 0 aromatic carbocycles. The van der Waals surface area contributed by atoms with Crippen LogP contribution in [0.25, 0.3) is 0 Å². The third-order valence-corrected chi connectivity index (χ3v) is 2.02. The summed E-state index contributed by atoms with van der Waals surface area (Å²) in [6.07, 6.45) is 2.72. The first kappa shape index (κ1) is 8.06. The highest BCUT2D eigenvalue weighted by Gasteiger charge is 2.24. The van der Waals surface area contributed by atoms with E-state index in [1.54, 1.807) is 0 Å². The van der Waals surface area contributed by atoms with Crippen molar-refractivity contribution in [3.05, 3.63) is 0 Å². The van der Waals surface area contributed by atoms with Gasteiger partial charge in [0.2, 0.25) is 5.91 Å². The van der Waals surface area contributed by atoms with E-state index in [-0.39, 0.29) is 17.9 Å². The molecule has 1 saturated carbocycles. The Morgan fingerprint density at radius 1 is 1.64 bits per heavy atom. The van der Waals surface area contributed by atoms with Crippen LogP contribution in [-0.4, -0.2) is 11.9 Å². The van der Waals surface area contributed by atoms with Crippen molar-refractivity contribution in [2.75, 3.05) is 0 Å². The van der Waals surface area contributed by atoms with Crippen molar-refractivity contribution < 1.29 is 4.79 Å². The SMILES string of the molecule is CC(=O)N[C@@H]1CC[C@H](C#N)C1. The topological polar surface area (TPSA) is 52.9 Å². The van der Waals surface area contributed by atoms with Crippen molar-refractivity contribution >= 4 is 5.91 Å². The molecule has 11 heavy (non-hydrogen) atoms. The van der Waals surface area contributed by atoms with Crippen LogP contribution in [0.3, 0.4) is 0 Å². The molecule has 3 heteroatoms. The van der Waals surface area contributed by atoms with Crippen molar-refractivity contribution in [2.24, 2.45) is 5.92 Å². The Morgan fingerprint density at radius 2 is 2.36 bits per heavy atom. The first-order valence-corrected chi connectivity index (χ1v) is 3.89. The minimum absolute atomic E-state index is 0.00795. The standard InChI is InChI=1S/C8H12N2O/c1-6(11)10-8-3-2-7(4-8)5-9/h7-8H,2-4H2,1H3,(H,10,11)/t7-,8+/m0/s1. The Balaban J connectivity index is 2.31. The molecule has 1 aliphatic rings. The highest BCUT2D eigenvalue weighted by Crippen LogP contribution is 2.24. The van der Waals surface area contributed by atoms with Crippen molar-refractivity contribution in [1.29, 1.82) is 5.26 Å². The lowest BCUT2D eigenvalue weighted by Crippen LogP contribution is -2.30. The van der Waals surface area contributed by atoms with E-state index in [0.29, 0.717) is 0 Å². The van der Waals surface area contributed by atoms with Gasteiger partial charge in [-0.05, 0) is 19.3 Å². The van der Waals surface area contributed by atoms with E-state index in [2.05, 4.69) is 11.4 Å². The predicted molar refractivity (Wildman–Crippen MR) is 40.6 cm³/mol. The van der Waals surface area contributed by atoms with Crippen molar-refractivity contribution in [2.45, 2.75) is 32.2 Å². The molecule has 0 aliphatic heterocycles. The number of nitrogens with one attached hydrogen (secondary N) is 1. The summed E-state index contributed by atoms with van der Waals surface area (Å²) in [7, 11) is 0. The maximum absolute atomic E-state index is 10.6. The number of nitrogens with zero attached hydrogens (tertiary/aromatic N) is 1. The fourth-order valence-electron chi connectivity index (χ4n) is 1.52. The summed E-state index contributed by atoms with van der Waals surface area (Å²) in [5.41, 5.74) is 0. The molecular weight excluding hydrogens is 140 g/mol. The quantitative estimate of drug-likeness (QED) is 0.604. The minimum Gasteiger partial charge on any atom is -0.354 e. The number of carbonyl (C=O) groups is 1. The van der Waals surface area contributed by atoms with E-state index >= 15 is 0 Å². The number of hydrogen-bond acceptors (Lipinski definition) is 2. The average molecular weight is 152 g/mol. The highest BCUT2D eigenvalue weighted by atomic mass is 16.1. The highest BCUT2D eigenvalue weighted by molar-refractivity contribution is 5.73. The molecule has 60 valence electrons. The second-order valence-electron chi connectivity index (χ2n) is 3.04. The normalized spacial score (nSPS) is 29.5. The molecule has 0 bridgehead atoms. The monoisotopic (exact) mass is 152 g/mol. The Bertz CT molecular complexity index is 195. The Labute approximate surface area is 66.4 Å². The summed E-state index contributed by atoms with van der Waals surface area (Å²) >= 11 is 0. The molecule has 1 fully saturated rings. The van der Waals surface area contributed by atoms with Crippen molar-refractivity contribution in [3.63, 3.8) is 0 Å².